The summed E-state index contributed by atoms with van der Waals surface area (Å²) in [5, 5.41) is 3.16. The minimum Gasteiger partial charge on any atom is -0.368 e. The number of hydrogen-bond acceptors (Lipinski definition) is 4. The summed E-state index contributed by atoms with van der Waals surface area (Å²) >= 11 is 0. The maximum Gasteiger partial charge on any atom is 0.236 e. The number of piperazine rings is 1. The molecule has 0 spiro atoms. The second kappa shape index (κ2) is 10.9. The normalized spacial score (nSPS) is 17.1. The van der Waals surface area contributed by atoms with Gasteiger partial charge in [-0.25, -0.2) is 0 Å². The molecule has 0 unspecified atom stereocenters. The van der Waals surface area contributed by atoms with Crippen molar-refractivity contribution in [2.75, 3.05) is 26.2 Å². The first kappa shape index (κ1) is 22.7. The Labute approximate surface area is 195 Å². The van der Waals surface area contributed by atoms with Crippen LogP contribution in [0, 0.1) is 0 Å². The van der Waals surface area contributed by atoms with Crippen molar-refractivity contribution in [1.82, 2.24) is 15.1 Å². The standard InChI is InChI=1S/C27H30N4O2/c28-27(33)24-19-30(18-21-10-4-1-5-11-21)16-17-31(24)20-25(32)29-26(22-12-6-2-7-13-22)23-14-8-3-9-15-23/h1-15,24,26H,16-20H2,(H2,28,33)(H,29,32)/t24-/m1/s1. The van der Waals surface area contributed by atoms with Crippen molar-refractivity contribution in [3.63, 3.8) is 0 Å². The van der Waals surface area contributed by atoms with E-state index in [9.17, 15) is 9.59 Å². The molecule has 0 aliphatic carbocycles. The van der Waals surface area contributed by atoms with Crippen LogP contribution in [0.4, 0.5) is 0 Å². The molecule has 3 aromatic carbocycles. The fourth-order valence-corrected chi connectivity index (χ4v) is 4.36. The third-order valence-corrected chi connectivity index (χ3v) is 6.07. The second-order valence-electron chi connectivity index (χ2n) is 8.43. The van der Waals surface area contributed by atoms with Crippen LogP contribution in [0.15, 0.2) is 91.0 Å². The molecule has 3 N–H and O–H groups in total. The van der Waals surface area contributed by atoms with E-state index in [-0.39, 0.29) is 18.5 Å². The van der Waals surface area contributed by atoms with Crippen LogP contribution in [0.25, 0.3) is 0 Å². The number of amides is 2. The van der Waals surface area contributed by atoms with Gasteiger partial charge < -0.3 is 11.1 Å². The van der Waals surface area contributed by atoms with Crippen LogP contribution < -0.4 is 11.1 Å². The van der Waals surface area contributed by atoms with E-state index in [4.69, 9.17) is 5.73 Å². The van der Waals surface area contributed by atoms with Gasteiger partial charge in [0.1, 0.15) is 6.04 Å². The Balaban J connectivity index is 1.42. The first-order valence-electron chi connectivity index (χ1n) is 11.3. The lowest BCUT2D eigenvalue weighted by molar-refractivity contribution is -0.129. The molecule has 1 heterocycles. The third kappa shape index (κ3) is 6.06. The van der Waals surface area contributed by atoms with Crippen LogP contribution in [-0.4, -0.2) is 53.8 Å². The Bertz CT molecular complexity index is 1000. The summed E-state index contributed by atoms with van der Waals surface area (Å²) in [4.78, 5) is 29.4. The van der Waals surface area contributed by atoms with Crippen LogP contribution >= 0.6 is 0 Å². The van der Waals surface area contributed by atoms with Gasteiger partial charge in [-0.3, -0.25) is 19.4 Å². The van der Waals surface area contributed by atoms with Gasteiger partial charge in [-0.05, 0) is 16.7 Å². The van der Waals surface area contributed by atoms with Crippen molar-refractivity contribution in [3.8, 4) is 0 Å². The molecule has 0 bridgehead atoms. The quantitative estimate of drug-likeness (QED) is 0.562. The average Bonchev–Trinajstić information content (AvgIpc) is 2.85. The molecule has 0 aromatic heterocycles. The van der Waals surface area contributed by atoms with Crippen LogP contribution in [0.3, 0.4) is 0 Å². The van der Waals surface area contributed by atoms with Gasteiger partial charge in [0.15, 0.2) is 0 Å². The summed E-state index contributed by atoms with van der Waals surface area (Å²) in [5.74, 6) is -0.529. The third-order valence-electron chi connectivity index (χ3n) is 6.07. The topological polar surface area (TPSA) is 78.7 Å². The fourth-order valence-electron chi connectivity index (χ4n) is 4.36. The van der Waals surface area contributed by atoms with E-state index in [2.05, 4.69) is 22.3 Å². The van der Waals surface area contributed by atoms with Crippen molar-refractivity contribution >= 4 is 11.8 Å². The van der Waals surface area contributed by atoms with Crippen LogP contribution in [0.1, 0.15) is 22.7 Å². The molecular formula is C27H30N4O2. The predicted octanol–water partition coefficient (Wildman–Crippen LogP) is 2.56. The van der Waals surface area contributed by atoms with Gasteiger partial charge in [-0.15, -0.1) is 0 Å². The van der Waals surface area contributed by atoms with E-state index in [1.807, 2.05) is 83.8 Å². The monoisotopic (exact) mass is 442 g/mol. The summed E-state index contributed by atoms with van der Waals surface area (Å²) < 4.78 is 0. The van der Waals surface area contributed by atoms with E-state index in [0.717, 1.165) is 24.2 Å². The average molecular weight is 443 g/mol. The molecule has 4 rings (SSSR count). The van der Waals surface area contributed by atoms with Crippen molar-refractivity contribution < 1.29 is 9.59 Å². The summed E-state index contributed by atoms with van der Waals surface area (Å²) in [5.41, 5.74) is 8.95. The van der Waals surface area contributed by atoms with Crippen molar-refractivity contribution in [1.29, 1.82) is 0 Å². The molecule has 1 aliphatic rings. The zero-order valence-electron chi connectivity index (χ0n) is 18.6. The number of rotatable bonds is 8. The first-order valence-corrected chi connectivity index (χ1v) is 11.3. The molecule has 0 saturated carbocycles. The van der Waals surface area contributed by atoms with Gasteiger partial charge in [-0.1, -0.05) is 91.0 Å². The Kier molecular flexibility index (Phi) is 7.50. The summed E-state index contributed by atoms with van der Waals surface area (Å²) in [6.07, 6.45) is 0. The number of nitrogens with zero attached hydrogens (tertiary/aromatic N) is 2. The van der Waals surface area contributed by atoms with Crippen LogP contribution in [0.5, 0.6) is 0 Å². The van der Waals surface area contributed by atoms with E-state index in [1.54, 1.807) is 0 Å². The highest BCUT2D eigenvalue weighted by atomic mass is 16.2. The summed E-state index contributed by atoms with van der Waals surface area (Å²) in [6, 6.07) is 29.2. The first-order chi connectivity index (χ1) is 16.1. The zero-order chi connectivity index (χ0) is 23.0. The number of nitrogens with two attached hydrogens (primary N) is 1. The van der Waals surface area contributed by atoms with E-state index < -0.39 is 11.9 Å². The van der Waals surface area contributed by atoms with Gasteiger partial charge in [0.2, 0.25) is 11.8 Å². The van der Waals surface area contributed by atoms with E-state index >= 15 is 0 Å². The lowest BCUT2D eigenvalue weighted by Gasteiger charge is -2.39. The van der Waals surface area contributed by atoms with Crippen molar-refractivity contribution in [3.05, 3.63) is 108 Å². The fraction of sp³-hybridized carbons (Fsp3) is 0.259. The van der Waals surface area contributed by atoms with Gasteiger partial charge >= 0.3 is 0 Å². The molecular weight excluding hydrogens is 412 g/mol. The number of nitrogens with one attached hydrogen (secondary N) is 1. The Hall–Kier alpha value is -3.48. The molecule has 170 valence electrons. The SMILES string of the molecule is NC(=O)[C@H]1CN(Cc2ccccc2)CCN1CC(=O)NC(c1ccccc1)c1ccccc1. The van der Waals surface area contributed by atoms with Gasteiger partial charge in [0.05, 0.1) is 12.6 Å². The number of carbonyl (C=O) groups is 2. The molecule has 6 heteroatoms. The van der Waals surface area contributed by atoms with Crippen LogP contribution in [-0.2, 0) is 16.1 Å². The van der Waals surface area contributed by atoms with E-state index in [1.165, 1.54) is 5.56 Å². The molecule has 0 radical (unpaired) electrons. The molecule has 1 aliphatic heterocycles. The van der Waals surface area contributed by atoms with E-state index in [0.29, 0.717) is 13.1 Å². The maximum absolute atomic E-state index is 13.1. The Morgan fingerprint density at radius 3 is 1.94 bits per heavy atom. The molecule has 3 aromatic rings. The second-order valence-corrected chi connectivity index (χ2v) is 8.43. The highest BCUT2D eigenvalue weighted by molar-refractivity contribution is 5.83. The number of benzene rings is 3. The predicted molar refractivity (Wildman–Crippen MR) is 129 cm³/mol. The lowest BCUT2D eigenvalue weighted by Crippen LogP contribution is -2.59. The summed E-state index contributed by atoms with van der Waals surface area (Å²) in [7, 11) is 0. The molecule has 1 saturated heterocycles. The highest BCUT2D eigenvalue weighted by Crippen LogP contribution is 2.22. The molecule has 2 amide bonds. The Morgan fingerprint density at radius 2 is 1.39 bits per heavy atom. The number of primary amides is 1. The number of carbonyl (C=O) groups excluding carboxylic acids is 2. The largest absolute Gasteiger partial charge is 0.368 e. The maximum atomic E-state index is 13.1. The highest BCUT2D eigenvalue weighted by Gasteiger charge is 2.32. The lowest BCUT2D eigenvalue weighted by atomic mass is 9.98. The van der Waals surface area contributed by atoms with Crippen LogP contribution in [0.2, 0.25) is 0 Å². The smallest absolute Gasteiger partial charge is 0.236 e. The zero-order valence-corrected chi connectivity index (χ0v) is 18.6. The Morgan fingerprint density at radius 1 is 0.848 bits per heavy atom. The van der Waals surface area contributed by atoms with Gasteiger partial charge in [0, 0.05) is 26.2 Å². The van der Waals surface area contributed by atoms with Crippen molar-refractivity contribution in [2.24, 2.45) is 5.73 Å². The molecule has 1 fully saturated rings. The molecule has 1 atom stereocenters. The van der Waals surface area contributed by atoms with Crippen molar-refractivity contribution in [2.45, 2.75) is 18.6 Å². The van der Waals surface area contributed by atoms with Gasteiger partial charge in [-0.2, -0.15) is 0 Å². The number of hydrogen-bond donors (Lipinski definition) is 2. The summed E-state index contributed by atoms with van der Waals surface area (Å²) in [6.45, 7) is 2.78. The molecule has 33 heavy (non-hydrogen) atoms. The van der Waals surface area contributed by atoms with Gasteiger partial charge in [0.25, 0.3) is 0 Å². The molecule has 6 nitrogen and oxygen atoms in total. The minimum atomic E-state index is -0.500. The minimum absolute atomic E-state index is 0.128.